The van der Waals surface area contributed by atoms with E-state index in [1.54, 1.807) is 6.92 Å². The summed E-state index contributed by atoms with van der Waals surface area (Å²) in [5.74, 6) is 0.792. The van der Waals surface area contributed by atoms with Crippen LogP contribution in [0.3, 0.4) is 0 Å². The lowest BCUT2D eigenvalue weighted by Crippen LogP contribution is -2.34. The predicted octanol–water partition coefficient (Wildman–Crippen LogP) is 4.49. The van der Waals surface area contributed by atoms with Crippen LogP contribution in [0.5, 0.6) is 5.75 Å². The molecule has 1 aromatic carbocycles. The lowest BCUT2D eigenvalue weighted by Gasteiger charge is -2.21. The van der Waals surface area contributed by atoms with E-state index in [4.69, 9.17) is 39.5 Å². The lowest BCUT2D eigenvalue weighted by molar-refractivity contribution is 0.0317. The molecule has 2 nitrogen and oxygen atoms in total. The summed E-state index contributed by atoms with van der Waals surface area (Å²) in [4.78, 5) is 0. The van der Waals surface area contributed by atoms with Crippen molar-refractivity contribution in [2.75, 3.05) is 12.5 Å². The second kappa shape index (κ2) is 6.33. The van der Waals surface area contributed by atoms with Gasteiger partial charge in [0.05, 0.1) is 15.9 Å². The van der Waals surface area contributed by atoms with Crippen molar-refractivity contribution in [3.63, 3.8) is 0 Å². The van der Waals surface area contributed by atoms with E-state index in [9.17, 15) is 5.11 Å². The summed E-state index contributed by atoms with van der Waals surface area (Å²) in [7, 11) is 0. The van der Waals surface area contributed by atoms with Crippen LogP contribution >= 0.6 is 34.8 Å². The highest BCUT2D eigenvalue weighted by molar-refractivity contribution is 6.37. The normalized spacial score (nSPS) is 14.7. The van der Waals surface area contributed by atoms with Gasteiger partial charge in [0.25, 0.3) is 0 Å². The molecule has 0 aliphatic carbocycles. The largest absolute Gasteiger partial charge is 0.487 e. The molecule has 0 radical (unpaired) electrons. The van der Waals surface area contributed by atoms with Crippen LogP contribution in [-0.4, -0.2) is 23.2 Å². The Morgan fingerprint density at radius 2 is 1.78 bits per heavy atom. The van der Waals surface area contributed by atoms with Crippen LogP contribution in [0.25, 0.3) is 0 Å². The molecule has 0 fully saturated rings. The Labute approximate surface area is 123 Å². The molecule has 0 amide bonds. The second-order valence-corrected chi connectivity index (χ2v) is 5.97. The van der Waals surface area contributed by atoms with Crippen molar-refractivity contribution in [1.29, 1.82) is 0 Å². The average Bonchev–Trinajstić information content (AvgIpc) is 2.27. The van der Waals surface area contributed by atoms with Gasteiger partial charge in [-0.15, -0.1) is 11.6 Å². The molecule has 0 saturated carbocycles. The van der Waals surface area contributed by atoms with Crippen LogP contribution in [0.15, 0.2) is 12.1 Å². The van der Waals surface area contributed by atoms with Crippen LogP contribution in [0.1, 0.15) is 32.3 Å². The van der Waals surface area contributed by atoms with E-state index in [1.807, 2.05) is 12.1 Å². The number of ether oxygens (including phenoxy) is 1. The molecule has 0 bridgehead atoms. The molecule has 1 rings (SSSR count). The summed E-state index contributed by atoms with van der Waals surface area (Å²) < 4.78 is 5.46. The van der Waals surface area contributed by atoms with Crippen LogP contribution in [0, 0.1) is 0 Å². The molecule has 1 atom stereocenters. The van der Waals surface area contributed by atoms with Crippen LogP contribution < -0.4 is 4.74 Å². The van der Waals surface area contributed by atoms with Crippen LogP contribution in [-0.2, 0) is 0 Å². The zero-order valence-corrected chi connectivity index (χ0v) is 12.9. The predicted molar refractivity (Wildman–Crippen MR) is 77.4 cm³/mol. The number of benzene rings is 1. The highest BCUT2D eigenvalue weighted by Crippen LogP contribution is 2.36. The monoisotopic (exact) mass is 310 g/mol. The van der Waals surface area contributed by atoms with E-state index >= 15 is 0 Å². The molecule has 0 heterocycles. The minimum absolute atomic E-state index is 0.0387. The molecule has 1 unspecified atom stereocenters. The molecule has 0 spiro atoms. The first-order chi connectivity index (χ1) is 8.26. The van der Waals surface area contributed by atoms with Crippen molar-refractivity contribution in [3.05, 3.63) is 27.7 Å². The Kier molecular flexibility index (Phi) is 5.60. The molecule has 0 aromatic heterocycles. The van der Waals surface area contributed by atoms with Gasteiger partial charge in [-0.25, -0.2) is 0 Å². The van der Waals surface area contributed by atoms with Crippen molar-refractivity contribution in [3.8, 4) is 5.75 Å². The third-order valence-corrected chi connectivity index (χ3v) is 3.64. The SMILES string of the molecule is CC(C)c1cc(Cl)c(OCC(C)(O)CCl)c(Cl)c1. The smallest absolute Gasteiger partial charge is 0.156 e. The van der Waals surface area contributed by atoms with E-state index in [-0.39, 0.29) is 12.5 Å². The fraction of sp³-hybridized carbons (Fsp3) is 0.538. The second-order valence-electron chi connectivity index (χ2n) is 4.89. The van der Waals surface area contributed by atoms with Gasteiger partial charge in [-0.3, -0.25) is 0 Å². The third-order valence-electron chi connectivity index (χ3n) is 2.50. The number of alkyl halides is 1. The van der Waals surface area contributed by atoms with Gasteiger partial charge in [-0.05, 0) is 30.5 Å². The maximum atomic E-state index is 9.77. The van der Waals surface area contributed by atoms with Gasteiger partial charge >= 0.3 is 0 Å². The number of hydrogen-bond acceptors (Lipinski definition) is 2. The quantitative estimate of drug-likeness (QED) is 0.812. The van der Waals surface area contributed by atoms with E-state index in [0.717, 1.165) is 5.56 Å². The summed E-state index contributed by atoms with van der Waals surface area (Å²) in [5, 5.41) is 10.6. The molecular weight excluding hydrogens is 294 g/mol. The fourth-order valence-electron chi connectivity index (χ4n) is 1.32. The molecule has 5 heteroatoms. The van der Waals surface area contributed by atoms with E-state index in [1.165, 1.54) is 0 Å². The van der Waals surface area contributed by atoms with E-state index < -0.39 is 5.60 Å². The average molecular weight is 312 g/mol. The Hall–Kier alpha value is -0.150. The third kappa shape index (κ3) is 4.20. The molecule has 0 aliphatic rings. The first-order valence-corrected chi connectivity index (χ1v) is 6.96. The summed E-state index contributed by atoms with van der Waals surface area (Å²) >= 11 is 17.9. The first kappa shape index (κ1) is 15.9. The number of halogens is 3. The van der Waals surface area contributed by atoms with Crippen molar-refractivity contribution < 1.29 is 9.84 Å². The zero-order chi connectivity index (χ0) is 13.9. The maximum absolute atomic E-state index is 9.77. The Morgan fingerprint density at radius 3 is 2.17 bits per heavy atom. The topological polar surface area (TPSA) is 29.5 Å². The van der Waals surface area contributed by atoms with Crippen molar-refractivity contribution in [1.82, 2.24) is 0 Å². The van der Waals surface area contributed by atoms with E-state index in [2.05, 4.69) is 13.8 Å². The molecule has 0 saturated heterocycles. The number of rotatable bonds is 5. The lowest BCUT2D eigenvalue weighted by atomic mass is 10.0. The summed E-state index contributed by atoms with van der Waals surface area (Å²) in [6, 6.07) is 3.64. The number of aliphatic hydroxyl groups is 1. The molecular formula is C13H17Cl3O2. The van der Waals surface area contributed by atoms with E-state index in [0.29, 0.717) is 21.7 Å². The minimum atomic E-state index is -1.11. The highest BCUT2D eigenvalue weighted by atomic mass is 35.5. The van der Waals surface area contributed by atoms with Crippen LogP contribution in [0.4, 0.5) is 0 Å². The van der Waals surface area contributed by atoms with Gasteiger partial charge in [0, 0.05) is 0 Å². The maximum Gasteiger partial charge on any atom is 0.156 e. The van der Waals surface area contributed by atoms with Gasteiger partial charge in [-0.1, -0.05) is 37.0 Å². The van der Waals surface area contributed by atoms with Crippen LogP contribution in [0.2, 0.25) is 10.0 Å². The van der Waals surface area contributed by atoms with Gasteiger partial charge in [0.1, 0.15) is 12.2 Å². The zero-order valence-electron chi connectivity index (χ0n) is 10.6. The van der Waals surface area contributed by atoms with Crippen molar-refractivity contribution in [2.24, 2.45) is 0 Å². The van der Waals surface area contributed by atoms with Gasteiger partial charge < -0.3 is 9.84 Å². The number of hydrogen-bond donors (Lipinski definition) is 1. The van der Waals surface area contributed by atoms with Gasteiger partial charge in [0.2, 0.25) is 0 Å². The minimum Gasteiger partial charge on any atom is -0.487 e. The van der Waals surface area contributed by atoms with Gasteiger partial charge in [-0.2, -0.15) is 0 Å². The summed E-state index contributed by atoms with van der Waals surface area (Å²) in [6.45, 7) is 5.74. The summed E-state index contributed by atoms with van der Waals surface area (Å²) in [5.41, 5.74) is -0.0632. The molecule has 0 aliphatic heterocycles. The fourth-order valence-corrected chi connectivity index (χ4v) is 2.01. The van der Waals surface area contributed by atoms with Crippen molar-refractivity contribution >= 4 is 34.8 Å². The first-order valence-electron chi connectivity index (χ1n) is 5.67. The highest BCUT2D eigenvalue weighted by Gasteiger charge is 2.21. The Morgan fingerprint density at radius 1 is 1.28 bits per heavy atom. The van der Waals surface area contributed by atoms with Gasteiger partial charge in [0.15, 0.2) is 5.75 Å². The standard InChI is InChI=1S/C13H17Cl3O2/c1-8(2)9-4-10(15)12(11(16)5-9)18-7-13(3,17)6-14/h4-5,8,17H,6-7H2,1-3H3. The Balaban J connectivity index is 2.91. The molecule has 1 N–H and O–H groups in total. The molecule has 102 valence electrons. The molecule has 18 heavy (non-hydrogen) atoms. The summed E-state index contributed by atoms with van der Waals surface area (Å²) in [6.07, 6.45) is 0. The van der Waals surface area contributed by atoms with Crippen molar-refractivity contribution in [2.45, 2.75) is 32.3 Å². The Bertz CT molecular complexity index is 394. The molecule has 1 aromatic rings.